The molecule has 0 aliphatic heterocycles. The van der Waals surface area contributed by atoms with Crippen molar-refractivity contribution in [3.8, 4) is 11.5 Å². The molecule has 0 amide bonds. The number of aliphatic hydroxyl groups excluding tert-OH is 1. The van der Waals surface area contributed by atoms with Gasteiger partial charge in [0.25, 0.3) is 0 Å². The summed E-state index contributed by atoms with van der Waals surface area (Å²) in [4.78, 5) is 0. The number of benzene rings is 2. The van der Waals surface area contributed by atoms with Crippen molar-refractivity contribution in [2.45, 2.75) is 45.6 Å². The van der Waals surface area contributed by atoms with Crippen LogP contribution in [0.3, 0.4) is 0 Å². The third-order valence-corrected chi connectivity index (χ3v) is 6.07. The predicted molar refractivity (Wildman–Crippen MR) is 122 cm³/mol. The first-order chi connectivity index (χ1) is 13.7. The van der Waals surface area contributed by atoms with Gasteiger partial charge in [-0.3, -0.25) is 0 Å². The second kappa shape index (κ2) is 10.8. The van der Waals surface area contributed by atoms with Crippen molar-refractivity contribution in [1.82, 2.24) is 0 Å². The largest absolute Gasteiger partial charge is 0.491 e. The van der Waals surface area contributed by atoms with Gasteiger partial charge in [0.15, 0.2) is 5.75 Å². The Bertz CT molecular complexity index is 767. The minimum absolute atomic E-state index is 0.207. The smallest absolute Gasteiger partial charge is 0.156 e. The molecule has 0 fully saturated rings. The standard InChI is InChI=1S/C23H29Cl3O3/c1-5-18(27)14-28-19-8-6-16(7-9-19)23(3,4)17-10-20(25)22(21(26)11-17)29-13-15(2)12-24/h6-11,15,18,27H,5,12-14H2,1-4H3/t15-,18+/m1/s1. The molecular formula is C23H29Cl3O3. The molecule has 0 heterocycles. The highest BCUT2D eigenvalue weighted by Gasteiger charge is 2.26. The molecular weight excluding hydrogens is 431 g/mol. The summed E-state index contributed by atoms with van der Waals surface area (Å²) >= 11 is 18.8. The number of alkyl halides is 1. The fourth-order valence-corrected chi connectivity index (χ4v) is 3.46. The van der Waals surface area contributed by atoms with Crippen LogP contribution < -0.4 is 9.47 Å². The van der Waals surface area contributed by atoms with Crippen molar-refractivity contribution in [3.63, 3.8) is 0 Å². The molecule has 0 aliphatic carbocycles. The van der Waals surface area contributed by atoms with Gasteiger partial charge in [-0.25, -0.2) is 0 Å². The minimum Gasteiger partial charge on any atom is -0.491 e. The summed E-state index contributed by atoms with van der Waals surface area (Å²) in [5.41, 5.74) is 1.76. The second-order valence-electron chi connectivity index (χ2n) is 7.86. The molecule has 3 nitrogen and oxygen atoms in total. The Morgan fingerprint density at radius 2 is 1.55 bits per heavy atom. The SMILES string of the molecule is CC[C@H](O)COc1ccc(C(C)(C)c2cc(Cl)c(OC[C@H](C)CCl)c(Cl)c2)cc1. The van der Waals surface area contributed by atoms with Gasteiger partial charge in [0.05, 0.1) is 22.8 Å². The number of halogens is 3. The summed E-state index contributed by atoms with van der Waals surface area (Å²) in [5, 5.41) is 10.6. The molecule has 0 aliphatic rings. The molecule has 0 radical (unpaired) electrons. The molecule has 0 bridgehead atoms. The molecule has 2 atom stereocenters. The number of hydrogen-bond donors (Lipinski definition) is 1. The van der Waals surface area contributed by atoms with E-state index in [0.717, 1.165) is 16.9 Å². The van der Waals surface area contributed by atoms with Gasteiger partial charge in [0.1, 0.15) is 12.4 Å². The van der Waals surface area contributed by atoms with E-state index in [1.54, 1.807) is 0 Å². The van der Waals surface area contributed by atoms with Crippen LogP contribution in [0.5, 0.6) is 11.5 Å². The highest BCUT2D eigenvalue weighted by molar-refractivity contribution is 6.37. The second-order valence-corrected chi connectivity index (χ2v) is 8.98. The van der Waals surface area contributed by atoms with Crippen molar-refractivity contribution in [1.29, 1.82) is 0 Å². The average molecular weight is 460 g/mol. The topological polar surface area (TPSA) is 38.7 Å². The zero-order valence-corrected chi connectivity index (χ0v) is 19.6. The molecule has 6 heteroatoms. The Morgan fingerprint density at radius 3 is 2.07 bits per heavy atom. The Labute approximate surface area is 188 Å². The highest BCUT2D eigenvalue weighted by Crippen LogP contribution is 2.40. The van der Waals surface area contributed by atoms with Crippen LogP contribution >= 0.6 is 34.8 Å². The van der Waals surface area contributed by atoms with Crippen molar-refractivity contribution in [2.75, 3.05) is 19.1 Å². The number of rotatable bonds is 10. The van der Waals surface area contributed by atoms with E-state index in [1.807, 2.05) is 50.2 Å². The van der Waals surface area contributed by atoms with Crippen LogP contribution in [-0.4, -0.2) is 30.3 Å². The Morgan fingerprint density at radius 1 is 0.966 bits per heavy atom. The zero-order valence-electron chi connectivity index (χ0n) is 17.3. The zero-order chi connectivity index (χ0) is 21.6. The average Bonchev–Trinajstić information content (AvgIpc) is 2.71. The first-order valence-electron chi connectivity index (χ1n) is 9.78. The fraction of sp³-hybridized carbons (Fsp3) is 0.478. The van der Waals surface area contributed by atoms with Crippen LogP contribution in [0.2, 0.25) is 10.0 Å². The molecule has 0 unspecified atom stereocenters. The lowest BCUT2D eigenvalue weighted by Crippen LogP contribution is -2.19. The van der Waals surface area contributed by atoms with Crippen LogP contribution in [0.4, 0.5) is 0 Å². The van der Waals surface area contributed by atoms with Gasteiger partial charge in [0, 0.05) is 17.2 Å². The molecule has 29 heavy (non-hydrogen) atoms. The monoisotopic (exact) mass is 458 g/mol. The van der Waals surface area contributed by atoms with Crippen molar-refractivity contribution in [2.24, 2.45) is 5.92 Å². The molecule has 0 saturated heterocycles. The summed E-state index contributed by atoms with van der Waals surface area (Å²) < 4.78 is 11.4. The van der Waals surface area contributed by atoms with Gasteiger partial charge < -0.3 is 14.6 Å². The van der Waals surface area contributed by atoms with Gasteiger partial charge in [0.2, 0.25) is 0 Å². The minimum atomic E-state index is -0.455. The Hall–Kier alpha value is -1.13. The van der Waals surface area contributed by atoms with E-state index in [-0.39, 0.29) is 17.9 Å². The Kier molecular flexibility index (Phi) is 8.96. The molecule has 0 aromatic heterocycles. The molecule has 160 valence electrons. The molecule has 0 saturated carbocycles. The summed E-state index contributed by atoms with van der Waals surface area (Å²) in [5.74, 6) is 1.93. The van der Waals surface area contributed by atoms with E-state index in [2.05, 4.69) is 13.8 Å². The molecule has 1 N–H and O–H groups in total. The maximum Gasteiger partial charge on any atom is 0.156 e. The van der Waals surface area contributed by atoms with Crippen LogP contribution in [-0.2, 0) is 5.41 Å². The molecule has 0 spiro atoms. The normalized spacial score (nSPS) is 13.8. The summed E-state index contributed by atoms with van der Waals surface area (Å²) in [7, 11) is 0. The molecule has 2 aromatic carbocycles. The number of hydrogen-bond acceptors (Lipinski definition) is 3. The highest BCUT2D eigenvalue weighted by atomic mass is 35.5. The lowest BCUT2D eigenvalue weighted by atomic mass is 9.78. The number of aliphatic hydroxyl groups is 1. The number of ether oxygens (including phenoxy) is 2. The van der Waals surface area contributed by atoms with Crippen molar-refractivity contribution in [3.05, 3.63) is 57.6 Å². The predicted octanol–water partition coefficient (Wildman–Crippen LogP) is 6.72. The van der Waals surface area contributed by atoms with Gasteiger partial charge >= 0.3 is 0 Å². The van der Waals surface area contributed by atoms with E-state index in [4.69, 9.17) is 44.3 Å². The fourth-order valence-electron chi connectivity index (χ4n) is 2.77. The summed E-state index contributed by atoms with van der Waals surface area (Å²) in [6.45, 7) is 8.89. The van der Waals surface area contributed by atoms with Crippen molar-refractivity contribution < 1.29 is 14.6 Å². The lowest BCUT2D eigenvalue weighted by molar-refractivity contribution is 0.104. The first kappa shape index (κ1) is 24.1. The molecule has 2 aromatic rings. The van der Waals surface area contributed by atoms with Crippen molar-refractivity contribution >= 4 is 34.8 Å². The summed E-state index contributed by atoms with van der Waals surface area (Å²) in [6, 6.07) is 11.7. The third kappa shape index (κ3) is 6.42. The first-order valence-corrected chi connectivity index (χ1v) is 11.1. The van der Waals surface area contributed by atoms with Gasteiger partial charge in [-0.2, -0.15) is 0 Å². The van der Waals surface area contributed by atoms with E-state index in [0.29, 0.717) is 34.7 Å². The van der Waals surface area contributed by atoms with Crippen LogP contribution in [0.25, 0.3) is 0 Å². The van der Waals surface area contributed by atoms with E-state index < -0.39 is 6.10 Å². The maximum absolute atomic E-state index is 9.64. The van der Waals surface area contributed by atoms with Gasteiger partial charge in [-0.05, 0) is 41.8 Å². The van der Waals surface area contributed by atoms with E-state index in [9.17, 15) is 5.11 Å². The maximum atomic E-state index is 9.64. The summed E-state index contributed by atoms with van der Waals surface area (Å²) in [6.07, 6.45) is 0.209. The van der Waals surface area contributed by atoms with Crippen LogP contribution in [0.1, 0.15) is 45.2 Å². The Balaban J connectivity index is 2.19. The van der Waals surface area contributed by atoms with Crippen LogP contribution in [0, 0.1) is 5.92 Å². The third-order valence-electron chi connectivity index (χ3n) is 4.99. The van der Waals surface area contributed by atoms with Gasteiger partial charge in [-0.1, -0.05) is 63.0 Å². The van der Waals surface area contributed by atoms with Gasteiger partial charge in [-0.15, -0.1) is 11.6 Å². The quantitative estimate of drug-likeness (QED) is 0.401. The van der Waals surface area contributed by atoms with E-state index >= 15 is 0 Å². The lowest BCUT2D eigenvalue weighted by Gasteiger charge is -2.27. The van der Waals surface area contributed by atoms with E-state index in [1.165, 1.54) is 0 Å². The molecule has 2 rings (SSSR count). The van der Waals surface area contributed by atoms with Crippen LogP contribution in [0.15, 0.2) is 36.4 Å².